The third-order valence-corrected chi connectivity index (χ3v) is 10.9. The Balaban J connectivity index is 4.61. The van der Waals surface area contributed by atoms with Crippen molar-refractivity contribution in [2.45, 2.75) is 27.7 Å². The molecule has 6 heteroatoms. The van der Waals surface area contributed by atoms with Crippen LogP contribution in [-0.4, -0.2) is 27.9 Å². The van der Waals surface area contributed by atoms with E-state index in [0.717, 1.165) is 0 Å². The Morgan fingerprint density at radius 2 is 1.19 bits per heavy atom. The summed E-state index contributed by atoms with van der Waals surface area (Å²) in [7, 11) is 3.39. The molecule has 0 heterocycles. The topological polar surface area (TPSA) is 40.6 Å². The summed E-state index contributed by atoms with van der Waals surface area (Å²) >= 11 is -2.95. The maximum atomic E-state index is 11.7. The zero-order chi connectivity index (χ0) is 13.0. The van der Waals surface area contributed by atoms with Gasteiger partial charge in [-0.3, -0.25) is 0 Å². The van der Waals surface area contributed by atoms with Gasteiger partial charge in [-0.2, -0.15) is 0 Å². The van der Waals surface area contributed by atoms with Gasteiger partial charge >= 0.3 is 117 Å². The molecular formula is C10H20ClN2NdO2. The van der Waals surface area contributed by atoms with Crippen molar-refractivity contribution in [1.29, 1.82) is 0 Å². The average Bonchev–Trinajstić information content (AvgIpc) is 2.23. The second-order valence-electron chi connectivity index (χ2n) is 4.37. The molecule has 0 spiro atoms. The van der Waals surface area contributed by atoms with Crippen LogP contribution in [0.1, 0.15) is 27.7 Å². The molecule has 0 atom stereocenters. The Bertz CT molecular complexity index is 246. The number of hydrogen-bond acceptors (Lipinski definition) is 2. The zero-order valence-electron chi connectivity index (χ0n) is 10.7. The third kappa shape index (κ3) is 4.45. The minimum atomic E-state index is -2.95. The van der Waals surface area contributed by atoms with E-state index in [4.69, 9.17) is 5.80 Å². The fourth-order valence-electron chi connectivity index (χ4n) is 1.18. The normalized spacial score (nSPS) is 10.6. The van der Waals surface area contributed by atoms with Gasteiger partial charge in [0.2, 0.25) is 0 Å². The van der Waals surface area contributed by atoms with Crippen molar-refractivity contribution in [3.05, 3.63) is 0 Å². The van der Waals surface area contributed by atoms with Crippen LogP contribution < -0.4 is 0 Å². The summed E-state index contributed by atoms with van der Waals surface area (Å²) in [5, 5.41) is 0. The van der Waals surface area contributed by atoms with Crippen LogP contribution in [0.5, 0.6) is 0 Å². The average molecular weight is 380 g/mol. The van der Waals surface area contributed by atoms with Crippen LogP contribution in [0.4, 0.5) is 0 Å². The first kappa shape index (κ1) is 16.6. The van der Waals surface area contributed by atoms with E-state index < -0.39 is 33.8 Å². The Morgan fingerprint density at radius 3 is 1.38 bits per heavy atom. The van der Waals surface area contributed by atoms with Crippen molar-refractivity contribution in [2.75, 3.05) is 14.1 Å². The van der Waals surface area contributed by atoms with E-state index in [-0.39, 0.29) is 23.7 Å². The van der Waals surface area contributed by atoms with Crippen molar-refractivity contribution in [3.63, 3.8) is 0 Å². The summed E-state index contributed by atoms with van der Waals surface area (Å²) in [6.45, 7) is 7.33. The first-order chi connectivity index (χ1) is 7.20. The van der Waals surface area contributed by atoms with Gasteiger partial charge in [0, 0.05) is 0 Å². The van der Waals surface area contributed by atoms with Crippen molar-refractivity contribution < 1.29 is 43.4 Å². The fraction of sp³-hybridized carbons (Fsp3) is 0.800. The summed E-state index contributed by atoms with van der Waals surface area (Å²) < 4.78 is 3.19. The van der Waals surface area contributed by atoms with Crippen molar-refractivity contribution in [1.82, 2.24) is 1.97 Å². The summed E-state index contributed by atoms with van der Waals surface area (Å²) in [5.74, 6) is 6.16. The van der Waals surface area contributed by atoms with E-state index >= 15 is 0 Å². The summed E-state index contributed by atoms with van der Waals surface area (Å²) in [6, 6.07) is 0. The molecular weight excluding hydrogens is 360 g/mol. The SMILES string of the molecule is CC(C)C(=O)[N](C)[Nd]([Cl])[N](C)C(=O)C(C)C. The van der Waals surface area contributed by atoms with Crippen LogP contribution in [0.15, 0.2) is 0 Å². The molecule has 93 valence electrons. The van der Waals surface area contributed by atoms with E-state index in [0.29, 0.717) is 0 Å². The Hall–Kier alpha value is 0.581. The standard InChI is InChI=1S/2C5H11NO.ClH.Nd/c2*1-4(2)5(7)6-3;;/h2*4H,1-3H3,(H,6,7);1H;/q;;;+3/p-3. The molecule has 0 bridgehead atoms. The molecule has 16 heavy (non-hydrogen) atoms. The van der Waals surface area contributed by atoms with Gasteiger partial charge in [0.15, 0.2) is 0 Å². The monoisotopic (exact) mass is 377 g/mol. The van der Waals surface area contributed by atoms with E-state index in [9.17, 15) is 9.59 Å². The number of halogens is 1. The Labute approximate surface area is 115 Å². The van der Waals surface area contributed by atoms with Crippen molar-refractivity contribution in [3.8, 4) is 0 Å². The molecule has 0 radical (unpaired) electrons. The van der Waals surface area contributed by atoms with Gasteiger partial charge in [-0.1, -0.05) is 0 Å². The summed E-state index contributed by atoms with van der Waals surface area (Å²) in [5.41, 5.74) is 0. The number of rotatable bonds is 4. The maximum absolute atomic E-state index is 11.7. The van der Waals surface area contributed by atoms with E-state index in [2.05, 4.69) is 0 Å². The van der Waals surface area contributed by atoms with Crippen molar-refractivity contribution in [2.24, 2.45) is 11.8 Å². The quantitative estimate of drug-likeness (QED) is 0.747. The van der Waals surface area contributed by atoms with Gasteiger partial charge in [0.05, 0.1) is 0 Å². The van der Waals surface area contributed by atoms with Crippen LogP contribution in [0, 0.1) is 45.7 Å². The predicted molar refractivity (Wildman–Crippen MR) is 61.1 cm³/mol. The van der Waals surface area contributed by atoms with E-state index in [1.807, 2.05) is 27.7 Å². The molecule has 0 rings (SSSR count). The number of carbonyl (C=O) groups excluding carboxylic acids is 2. The zero-order valence-corrected chi connectivity index (χ0v) is 14.7. The van der Waals surface area contributed by atoms with Crippen LogP contribution in [-0.2, 0) is 9.59 Å². The van der Waals surface area contributed by atoms with Crippen LogP contribution in [0.25, 0.3) is 0 Å². The molecule has 0 aliphatic carbocycles. The molecule has 0 aromatic rings. The molecule has 0 saturated carbocycles. The molecule has 0 N–H and O–H groups in total. The molecule has 4 nitrogen and oxygen atoms in total. The van der Waals surface area contributed by atoms with Gasteiger partial charge in [0.25, 0.3) is 0 Å². The summed E-state index contributed by atoms with van der Waals surface area (Å²) in [6.07, 6.45) is 0. The number of nitrogens with zero attached hydrogens (tertiary/aromatic N) is 2. The predicted octanol–water partition coefficient (Wildman–Crippen LogP) is 1.82. The van der Waals surface area contributed by atoms with Gasteiger partial charge in [-0.15, -0.1) is 0 Å². The van der Waals surface area contributed by atoms with Crippen LogP contribution >= 0.6 is 5.80 Å². The molecule has 0 saturated heterocycles. The molecule has 0 aromatic carbocycles. The second-order valence-corrected chi connectivity index (χ2v) is 12.9. The van der Waals surface area contributed by atoms with E-state index in [1.165, 1.54) is 0 Å². The van der Waals surface area contributed by atoms with Gasteiger partial charge in [0.1, 0.15) is 0 Å². The third-order valence-electron chi connectivity index (χ3n) is 2.20. The first-order valence-corrected chi connectivity index (χ1v) is 12.2. The number of carbonyl (C=O) groups is 2. The van der Waals surface area contributed by atoms with Crippen LogP contribution in [0.2, 0.25) is 0 Å². The van der Waals surface area contributed by atoms with E-state index in [1.54, 1.807) is 16.1 Å². The van der Waals surface area contributed by atoms with Gasteiger partial charge in [-0.05, 0) is 0 Å². The number of hydrogen-bond donors (Lipinski definition) is 0. The second kappa shape index (κ2) is 7.11. The molecule has 0 unspecified atom stereocenters. The van der Waals surface area contributed by atoms with Crippen molar-refractivity contribution >= 4 is 17.6 Å². The first-order valence-electron chi connectivity index (χ1n) is 5.27. The number of amides is 2. The molecule has 0 aromatic heterocycles. The molecule has 2 amide bonds. The Morgan fingerprint density at radius 1 is 0.938 bits per heavy atom. The molecule has 0 aliphatic rings. The molecule has 0 fully saturated rings. The summed E-state index contributed by atoms with van der Waals surface area (Å²) in [4.78, 5) is 23.5. The van der Waals surface area contributed by atoms with Gasteiger partial charge < -0.3 is 0 Å². The van der Waals surface area contributed by atoms with Crippen LogP contribution in [0.3, 0.4) is 0 Å². The van der Waals surface area contributed by atoms with Gasteiger partial charge in [-0.25, -0.2) is 0 Å². The fourth-order valence-corrected chi connectivity index (χ4v) is 6.68. The Kier molecular flexibility index (Phi) is 7.37. The minimum absolute atomic E-state index is 0.0145. The molecule has 0 aliphatic heterocycles.